The van der Waals surface area contributed by atoms with Crippen molar-refractivity contribution in [1.82, 2.24) is 0 Å². The van der Waals surface area contributed by atoms with Crippen LogP contribution in [-0.4, -0.2) is 21.5 Å². The summed E-state index contributed by atoms with van der Waals surface area (Å²) in [4.78, 5) is 11.6. The molecule has 22 heavy (non-hydrogen) atoms. The summed E-state index contributed by atoms with van der Waals surface area (Å²) < 4.78 is 32.5. The number of methoxy groups -OCH3 is 1. The molecule has 0 bridgehead atoms. The zero-order chi connectivity index (χ0) is 16.3. The molecule has 0 fully saturated rings. The second-order valence-corrected chi connectivity index (χ2v) is 7.25. The number of benzene rings is 2. The maximum absolute atomic E-state index is 12.5. The minimum absolute atomic E-state index is 0.0635. The average Bonchev–Trinajstić information content (AvgIpc) is 2.45. The van der Waals surface area contributed by atoms with Gasteiger partial charge in [-0.2, -0.15) is 0 Å². The van der Waals surface area contributed by atoms with Crippen molar-refractivity contribution in [2.75, 3.05) is 11.8 Å². The van der Waals surface area contributed by atoms with Gasteiger partial charge in [-0.05, 0) is 36.4 Å². The summed E-state index contributed by atoms with van der Waals surface area (Å²) in [5.74, 6) is -0.743. The Morgan fingerprint density at radius 3 is 2.59 bits per heavy atom. The van der Waals surface area contributed by atoms with Crippen LogP contribution in [0.4, 0.5) is 5.69 Å². The lowest BCUT2D eigenvalue weighted by atomic mass is 10.2. The number of nitrogens with one attached hydrogen (secondary N) is 1. The van der Waals surface area contributed by atoms with Crippen molar-refractivity contribution in [2.45, 2.75) is 4.90 Å². The third-order valence-electron chi connectivity index (χ3n) is 2.71. The summed E-state index contributed by atoms with van der Waals surface area (Å²) in [6.45, 7) is 0. The van der Waals surface area contributed by atoms with Crippen LogP contribution in [0.2, 0.25) is 5.02 Å². The molecular weight excluding hydrogens is 394 g/mol. The van der Waals surface area contributed by atoms with Gasteiger partial charge in [0.15, 0.2) is 0 Å². The number of hydrogen-bond acceptors (Lipinski definition) is 4. The summed E-state index contributed by atoms with van der Waals surface area (Å²) in [5, 5.41) is 0.393. The van der Waals surface area contributed by atoms with Gasteiger partial charge in [0.1, 0.15) is 4.90 Å². The number of carbonyl (C=O) groups is 1. The fourth-order valence-electron chi connectivity index (χ4n) is 1.77. The van der Waals surface area contributed by atoms with Crippen LogP contribution in [0.5, 0.6) is 0 Å². The Morgan fingerprint density at radius 1 is 1.23 bits per heavy atom. The molecule has 0 spiro atoms. The van der Waals surface area contributed by atoms with Crippen molar-refractivity contribution < 1.29 is 17.9 Å². The van der Waals surface area contributed by atoms with Crippen molar-refractivity contribution in [3.05, 3.63) is 57.5 Å². The van der Waals surface area contributed by atoms with E-state index in [0.717, 1.165) is 0 Å². The van der Waals surface area contributed by atoms with Gasteiger partial charge in [0.25, 0.3) is 10.0 Å². The van der Waals surface area contributed by atoms with Gasteiger partial charge in [-0.1, -0.05) is 33.6 Å². The molecule has 0 saturated heterocycles. The smallest absolute Gasteiger partial charge is 0.339 e. The maximum Gasteiger partial charge on any atom is 0.339 e. The second-order valence-electron chi connectivity index (χ2n) is 4.25. The maximum atomic E-state index is 12.5. The van der Waals surface area contributed by atoms with E-state index in [1.165, 1.54) is 31.4 Å². The predicted octanol–water partition coefficient (Wildman–Crippen LogP) is 3.69. The lowest BCUT2D eigenvalue weighted by molar-refractivity contribution is 0.0596. The average molecular weight is 405 g/mol. The van der Waals surface area contributed by atoms with Crippen molar-refractivity contribution in [1.29, 1.82) is 0 Å². The highest BCUT2D eigenvalue weighted by Crippen LogP contribution is 2.25. The lowest BCUT2D eigenvalue weighted by Crippen LogP contribution is -2.17. The third-order valence-corrected chi connectivity index (χ3v) is 4.88. The van der Waals surface area contributed by atoms with E-state index in [9.17, 15) is 13.2 Å². The molecule has 116 valence electrons. The van der Waals surface area contributed by atoms with Crippen molar-refractivity contribution in [2.24, 2.45) is 0 Å². The molecule has 0 aromatic heterocycles. The zero-order valence-corrected chi connectivity index (χ0v) is 14.5. The first-order chi connectivity index (χ1) is 10.3. The zero-order valence-electron chi connectivity index (χ0n) is 11.3. The first-order valence-corrected chi connectivity index (χ1v) is 8.65. The van der Waals surface area contributed by atoms with Crippen molar-refractivity contribution >= 4 is 49.2 Å². The van der Waals surface area contributed by atoms with Crippen LogP contribution in [0.15, 0.2) is 51.8 Å². The minimum atomic E-state index is -3.96. The normalized spacial score (nSPS) is 11.0. The van der Waals surface area contributed by atoms with E-state index in [2.05, 4.69) is 25.4 Å². The minimum Gasteiger partial charge on any atom is -0.465 e. The van der Waals surface area contributed by atoms with Gasteiger partial charge in [-0.15, -0.1) is 0 Å². The number of hydrogen-bond donors (Lipinski definition) is 1. The molecule has 0 unspecified atom stereocenters. The topological polar surface area (TPSA) is 72.5 Å². The van der Waals surface area contributed by atoms with Gasteiger partial charge in [-0.25, -0.2) is 13.2 Å². The van der Waals surface area contributed by atoms with Gasteiger partial charge in [0.2, 0.25) is 0 Å². The fourth-order valence-corrected chi connectivity index (χ4v) is 3.55. The number of anilines is 1. The first-order valence-electron chi connectivity index (χ1n) is 6.00. The largest absolute Gasteiger partial charge is 0.465 e. The molecule has 0 radical (unpaired) electrons. The molecule has 1 N–H and O–H groups in total. The van der Waals surface area contributed by atoms with Crippen LogP contribution in [-0.2, 0) is 14.8 Å². The Labute approximate surface area is 141 Å². The van der Waals surface area contributed by atoms with E-state index in [1.54, 1.807) is 18.2 Å². The first kappa shape index (κ1) is 16.8. The van der Waals surface area contributed by atoms with Crippen LogP contribution < -0.4 is 4.72 Å². The summed E-state index contributed by atoms with van der Waals surface area (Å²) in [6, 6.07) is 10.5. The Balaban J connectivity index is 2.47. The van der Waals surface area contributed by atoms with Crippen LogP contribution >= 0.6 is 27.5 Å². The molecule has 0 aliphatic rings. The second kappa shape index (κ2) is 6.68. The van der Waals surface area contributed by atoms with Gasteiger partial charge < -0.3 is 4.74 Å². The van der Waals surface area contributed by atoms with Crippen molar-refractivity contribution in [3.63, 3.8) is 0 Å². The highest BCUT2D eigenvalue weighted by atomic mass is 79.9. The Morgan fingerprint density at radius 2 is 1.95 bits per heavy atom. The van der Waals surface area contributed by atoms with Crippen LogP contribution in [0.25, 0.3) is 0 Å². The molecule has 2 aromatic carbocycles. The monoisotopic (exact) mass is 403 g/mol. The standard InChI is InChI=1S/C14H11BrClNO4S/c1-21-14(18)12-7-9(15)5-6-13(12)22(19,20)17-11-4-2-3-10(16)8-11/h2-8,17H,1H3. The predicted molar refractivity (Wildman–Crippen MR) is 87.7 cm³/mol. The highest BCUT2D eigenvalue weighted by Gasteiger charge is 2.23. The van der Waals surface area contributed by atoms with Gasteiger partial charge in [0, 0.05) is 9.50 Å². The Hall–Kier alpha value is -1.57. The van der Waals surface area contributed by atoms with Crippen molar-refractivity contribution in [3.8, 4) is 0 Å². The fraction of sp³-hybridized carbons (Fsp3) is 0.0714. The van der Waals surface area contributed by atoms with E-state index in [0.29, 0.717) is 15.2 Å². The summed E-state index contributed by atoms with van der Waals surface area (Å²) in [6.07, 6.45) is 0. The molecule has 0 heterocycles. The van der Waals surface area contributed by atoms with Crippen LogP contribution in [0.1, 0.15) is 10.4 Å². The van der Waals surface area contributed by atoms with Gasteiger partial charge in [-0.3, -0.25) is 4.72 Å². The van der Waals surface area contributed by atoms with E-state index < -0.39 is 16.0 Å². The molecule has 0 amide bonds. The lowest BCUT2D eigenvalue weighted by Gasteiger charge is -2.12. The Kier molecular flexibility index (Phi) is 5.10. The number of rotatable bonds is 4. The number of ether oxygens (including phenoxy) is 1. The number of halogens is 2. The number of esters is 1. The number of sulfonamides is 1. The van der Waals surface area contributed by atoms with E-state index in [4.69, 9.17) is 11.6 Å². The number of carbonyl (C=O) groups excluding carboxylic acids is 1. The summed E-state index contributed by atoms with van der Waals surface area (Å²) in [7, 11) is -2.78. The molecule has 2 rings (SSSR count). The Bertz CT molecular complexity index is 823. The van der Waals surface area contributed by atoms with E-state index in [-0.39, 0.29) is 10.5 Å². The molecule has 0 atom stereocenters. The quantitative estimate of drug-likeness (QED) is 0.789. The molecule has 0 saturated carbocycles. The van der Waals surface area contributed by atoms with Gasteiger partial charge in [0.05, 0.1) is 18.4 Å². The molecular formula is C14H11BrClNO4S. The molecule has 5 nitrogen and oxygen atoms in total. The SMILES string of the molecule is COC(=O)c1cc(Br)ccc1S(=O)(=O)Nc1cccc(Cl)c1. The molecule has 0 aliphatic heterocycles. The van der Waals surface area contributed by atoms with E-state index in [1.807, 2.05) is 0 Å². The van der Waals surface area contributed by atoms with Crippen LogP contribution in [0.3, 0.4) is 0 Å². The van der Waals surface area contributed by atoms with Crippen LogP contribution in [0, 0.1) is 0 Å². The summed E-state index contributed by atoms with van der Waals surface area (Å²) >= 11 is 9.03. The molecule has 0 aliphatic carbocycles. The molecule has 2 aromatic rings. The summed E-state index contributed by atoms with van der Waals surface area (Å²) in [5.41, 5.74) is 0.234. The molecule has 8 heteroatoms. The third kappa shape index (κ3) is 3.79. The highest BCUT2D eigenvalue weighted by molar-refractivity contribution is 9.10. The van der Waals surface area contributed by atoms with Gasteiger partial charge >= 0.3 is 5.97 Å². The van der Waals surface area contributed by atoms with E-state index >= 15 is 0 Å².